The van der Waals surface area contributed by atoms with Crippen molar-refractivity contribution in [1.82, 2.24) is 10.2 Å². The van der Waals surface area contributed by atoms with Gasteiger partial charge in [-0.15, -0.1) is 0 Å². The number of nitrogens with zero attached hydrogens (tertiary/aromatic N) is 2. The van der Waals surface area contributed by atoms with Crippen LogP contribution in [0, 0.1) is 5.82 Å². The Hall–Kier alpha value is -4.12. The Balaban J connectivity index is 1.69. The fraction of sp³-hybridized carbons (Fsp3) is 0.355. The number of nitrogens with one attached hydrogen (secondary N) is 1. The quantitative estimate of drug-likeness (QED) is 0.329. The molecule has 1 aliphatic carbocycles. The first-order valence-electron chi connectivity index (χ1n) is 13.8. The molecule has 0 radical (unpaired) electrons. The van der Waals surface area contributed by atoms with Crippen molar-refractivity contribution in [3.63, 3.8) is 0 Å². The maximum Gasteiger partial charge on any atom is 0.264 e. The number of halogens is 1. The molecule has 1 aliphatic rings. The summed E-state index contributed by atoms with van der Waals surface area (Å²) in [6.45, 7) is 1.04. The molecule has 1 unspecified atom stereocenters. The molecule has 0 aromatic heterocycles. The third-order valence-electron chi connectivity index (χ3n) is 7.40. The third kappa shape index (κ3) is 7.39. The molecule has 2 amide bonds. The summed E-state index contributed by atoms with van der Waals surface area (Å²) in [5.74, 6) is -0.426. The predicted octanol–water partition coefficient (Wildman–Crippen LogP) is 4.51. The molecule has 3 aromatic carbocycles. The van der Waals surface area contributed by atoms with Crippen LogP contribution in [0.1, 0.15) is 38.2 Å². The number of carbonyl (C=O) groups is 2. The van der Waals surface area contributed by atoms with E-state index in [2.05, 4.69) is 5.32 Å². The highest BCUT2D eigenvalue weighted by molar-refractivity contribution is 7.92. The standard InChI is InChI=1S/C31H36FN3O6S/c1-22(31(37)33-25-8-4-5-9-25)34(20-23-7-6-10-28(19-23)41-3)30(36)21-35(26-13-11-24(32)12-14-26)42(38,39)29-17-15-27(40-2)16-18-29/h6-7,10-19,22,25H,4-5,8-9,20-21H2,1-3H3,(H,33,37). The van der Waals surface area contributed by atoms with Crippen LogP contribution in [-0.4, -0.2) is 58.0 Å². The van der Waals surface area contributed by atoms with Crippen LogP contribution >= 0.6 is 0 Å². The molecule has 3 aromatic rings. The van der Waals surface area contributed by atoms with Gasteiger partial charge in [0.05, 0.1) is 24.8 Å². The number of methoxy groups -OCH3 is 2. The van der Waals surface area contributed by atoms with E-state index in [1.165, 1.54) is 55.5 Å². The summed E-state index contributed by atoms with van der Waals surface area (Å²) in [6, 6.07) is 16.9. The van der Waals surface area contributed by atoms with Gasteiger partial charge in [0.25, 0.3) is 10.0 Å². The minimum absolute atomic E-state index is 0.0368. The monoisotopic (exact) mass is 597 g/mol. The molecular formula is C31H36FN3O6S. The Bertz CT molecular complexity index is 1480. The summed E-state index contributed by atoms with van der Waals surface area (Å²) in [6.07, 6.45) is 3.81. The fourth-order valence-corrected chi connectivity index (χ4v) is 6.37. The maximum absolute atomic E-state index is 14.0. The van der Waals surface area contributed by atoms with Crippen molar-refractivity contribution in [2.24, 2.45) is 0 Å². The van der Waals surface area contributed by atoms with Gasteiger partial charge in [-0.2, -0.15) is 0 Å². The zero-order valence-corrected chi connectivity index (χ0v) is 24.8. The van der Waals surface area contributed by atoms with Crippen molar-refractivity contribution in [2.45, 2.75) is 56.1 Å². The molecule has 1 N–H and O–H groups in total. The summed E-state index contributed by atoms with van der Waals surface area (Å²) in [5.41, 5.74) is 0.805. The molecule has 0 saturated heterocycles. The first kappa shape index (κ1) is 30.8. The van der Waals surface area contributed by atoms with Gasteiger partial charge in [0.1, 0.15) is 29.9 Å². The first-order valence-corrected chi connectivity index (χ1v) is 15.2. The van der Waals surface area contributed by atoms with Crippen LogP contribution in [0.5, 0.6) is 11.5 Å². The van der Waals surface area contributed by atoms with Crippen LogP contribution in [0.3, 0.4) is 0 Å². The molecule has 0 spiro atoms. The van der Waals surface area contributed by atoms with E-state index in [0.717, 1.165) is 42.1 Å². The van der Waals surface area contributed by atoms with Gasteiger partial charge >= 0.3 is 0 Å². The first-order chi connectivity index (χ1) is 20.1. The van der Waals surface area contributed by atoms with Crippen molar-refractivity contribution in [3.05, 3.63) is 84.2 Å². The molecule has 1 saturated carbocycles. The highest BCUT2D eigenvalue weighted by atomic mass is 32.2. The second kappa shape index (κ2) is 13.7. The van der Waals surface area contributed by atoms with E-state index in [0.29, 0.717) is 17.1 Å². The van der Waals surface area contributed by atoms with Gasteiger partial charge in [0.2, 0.25) is 11.8 Å². The number of hydrogen-bond acceptors (Lipinski definition) is 6. The SMILES string of the molecule is COc1ccc(S(=O)(=O)N(CC(=O)N(Cc2cccc(OC)c2)C(C)C(=O)NC2CCCC2)c2ccc(F)cc2)cc1. The molecule has 4 rings (SSSR count). The number of sulfonamides is 1. The van der Waals surface area contributed by atoms with E-state index in [4.69, 9.17) is 9.47 Å². The molecule has 9 nitrogen and oxygen atoms in total. The minimum atomic E-state index is -4.28. The average molecular weight is 598 g/mol. The van der Waals surface area contributed by atoms with E-state index in [-0.39, 0.29) is 29.1 Å². The van der Waals surface area contributed by atoms with Crippen LogP contribution < -0.4 is 19.1 Å². The van der Waals surface area contributed by atoms with Crippen LogP contribution in [0.4, 0.5) is 10.1 Å². The third-order valence-corrected chi connectivity index (χ3v) is 9.18. The second-order valence-electron chi connectivity index (χ2n) is 10.2. The van der Waals surface area contributed by atoms with Crippen LogP contribution in [0.25, 0.3) is 0 Å². The Morgan fingerprint density at radius 1 is 0.952 bits per heavy atom. The Morgan fingerprint density at radius 2 is 1.60 bits per heavy atom. The number of hydrogen-bond donors (Lipinski definition) is 1. The molecule has 1 fully saturated rings. The molecule has 42 heavy (non-hydrogen) atoms. The number of anilines is 1. The topological polar surface area (TPSA) is 105 Å². The van der Waals surface area contributed by atoms with Crippen molar-refractivity contribution in [1.29, 1.82) is 0 Å². The Kier molecular flexibility index (Phi) is 10.1. The summed E-state index contributed by atoms with van der Waals surface area (Å²) < 4.78 is 53.0. The lowest BCUT2D eigenvalue weighted by molar-refractivity contribution is -0.139. The van der Waals surface area contributed by atoms with Crippen LogP contribution in [0.2, 0.25) is 0 Å². The molecule has 1 atom stereocenters. The van der Waals surface area contributed by atoms with E-state index in [9.17, 15) is 22.4 Å². The van der Waals surface area contributed by atoms with Crippen molar-refractivity contribution in [2.75, 3.05) is 25.1 Å². The summed E-state index contributed by atoms with van der Waals surface area (Å²) in [4.78, 5) is 28.6. The van der Waals surface area contributed by atoms with Gasteiger partial charge in [-0.3, -0.25) is 13.9 Å². The predicted molar refractivity (Wildman–Crippen MR) is 157 cm³/mol. The lowest BCUT2D eigenvalue weighted by atomic mass is 10.1. The molecular weight excluding hydrogens is 561 g/mol. The van der Waals surface area contributed by atoms with Crippen molar-refractivity contribution >= 4 is 27.5 Å². The lowest BCUT2D eigenvalue weighted by Gasteiger charge is -2.32. The van der Waals surface area contributed by atoms with Crippen LogP contribution in [0.15, 0.2) is 77.7 Å². The molecule has 0 bridgehead atoms. The summed E-state index contributed by atoms with van der Waals surface area (Å²) in [5, 5.41) is 3.04. The Labute approximate surface area is 246 Å². The van der Waals surface area contributed by atoms with E-state index >= 15 is 0 Å². The molecule has 0 aliphatic heterocycles. The summed E-state index contributed by atoms with van der Waals surface area (Å²) in [7, 11) is -1.28. The van der Waals surface area contributed by atoms with Gasteiger partial charge in [-0.05, 0) is 86.0 Å². The highest BCUT2D eigenvalue weighted by Crippen LogP contribution is 2.27. The average Bonchev–Trinajstić information content (AvgIpc) is 3.52. The van der Waals surface area contributed by atoms with Crippen molar-refractivity contribution < 1.29 is 31.9 Å². The molecule has 224 valence electrons. The highest BCUT2D eigenvalue weighted by Gasteiger charge is 2.33. The second-order valence-corrected chi connectivity index (χ2v) is 12.1. The van der Waals surface area contributed by atoms with Gasteiger partial charge in [-0.1, -0.05) is 25.0 Å². The molecule has 0 heterocycles. The summed E-state index contributed by atoms with van der Waals surface area (Å²) >= 11 is 0. The lowest BCUT2D eigenvalue weighted by Crippen LogP contribution is -2.52. The smallest absolute Gasteiger partial charge is 0.264 e. The van der Waals surface area contributed by atoms with Crippen LogP contribution in [-0.2, 0) is 26.2 Å². The van der Waals surface area contributed by atoms with Gasteiger partial charge in [0, 0.05) is 12.6 Å². The number of amides is 2. The largest absolute Gasteiger partial charge is 0.497 e. The Morgan fingerprint density at radius 3 is 2.21 bits per heavy atom. The maximum atomic E-state index is 14.0. The fourth-order valence-electron chi connectivity index (χ4n) is 4.95. The molecule has 11 heteroatoms. The van der Waals surface area contributed by atoms with E-state index in [1.807, 2.05) is 0 Å². The number of carbonyl (C=O) groups excluding carboxylic acids is 2. The minimum Gasteiger partial charge on any atom is -0.497 e. The zero-order valence-electron chi connectivity index (χ0n) is 24.0. The van der Waals surface area contributed by atoms with Gasteiger partial charge in [0.15, 0.2) is 0 Å². The zero-order chi connectivity index (χ0) is 30.3. The number of ether oxygens (including phenoxy) is 2. The van der Waals surface area contributed by atoms with E-state index in [1.54, 1.807) is 31.2 Å². The van der Waals surface area contributed by atoms with Gasteiger partial charge in [-0.25, -0.2) is 12.8 Å². The van der Waals surface area contributed by atoms with Gasteiger partial charge < -0.3 is 19.7 Å². The van der Waals surface area contributed by atoms with Crippen molar-refractivity contribution in [3.8, 4) is 11.5 Å². The van der Waals surface area contributed by atoms with E-state index < -0.39 is 34.3 Å². The normalized spacial score (nSPS) is 14.2. The number of benzene rings is 3. The number of rotatable bonds is 12.